The van der Waals surface area contributed by atoms with Crippen LogP contribution in [0.4, 0.5) is 5.13 Å². The Morgan fingerprint density at radius 3 is 2.87 bits per heavy atom. The number of anilines is 1. The van der Waals surface area contributed by atoms with Gasteiger partial charge in [-0.15, -0.1) is 0 Å². The van der Waals surface area contributed by atoms with Crippen molar-refractivity contribution < 1.29 is 14.7 Å². The second kappa shape index (κ2) is 5.81. The molecule has 0 fully saturated rings. The number of aryl methyl sites for hydroxylation is 1. The number of nitrogens with zero attached hydrogens (tertiary/aromatic N) is 3. The molecule has 118 valence electrons. The van der Waals surface area contributed by atoms with Gasteiger partial charge in [0.1, 0.15) is 11.7 Å². The standard InChI is InChI=1S/C15H14N4O3S/c1-8-3-4-10-12(7-8)23-15(17-10)18-13(20)9(2)19-11(14(21)22)5-6-16-19/h3-7,9H,1-2H3,(H,21,22)(H,17,18,20). The van der Waals surface area contributed by atoms with Gasteiger partial charge < -0.3 is 10.4 Å². The first-order chi connectivity index (χ1) is 11.0. The van der Waals surface area contributed by atoms with Crippen LogP contribution in [-0.2, 0) is 4.79 Å². The number of thiazole rings is 1. The molecule has 2 aromatic heterocycles. The lowest BCUT2D eigenvalue weighted by Crippen LogP contribution is -2.26. The molecule has 3 rings (SSSR count). The highest BCUT2D eigenvalue weighted by Gasteiger charge is 2.22. The number of carboxylic acids is 1. The third-order valence-electron chi connectivity index (χ3n) is 3.41. The third kappa shape index (κ3) is 2.93. The highest BCUT2D eigenvalue weighted by atomic mass is 32.1. The lowest BCUT2D eigenvalue weighted by molar-refractivity contribution is -0.119. The monoisotopic (exact) mass is 330 g/mol. The first-order valence-electron chi connectivity index (χ1n) is 6.90. The maximum Gasteiger partial charge on any atom is 0.354 e. The predicted molar refractivity (Wildman–Crippen MR) is 86.9 cm³/mol. The number of rotatable bonds is 4. The number of amides is 1. The molecule has 0 aliphatic heterocycles. The molecule has 0 aliphatic rings. The van der Waals surface area contributed by atoms with Crippen LogP contribution in [0.2, 0.25) is 0 Å². The maximum absolute atomic E-state index is 12.3. The van der Waals surface area contributed by atoms with Gasteiger partial charge in [0, 0.05) is 6.20 Å². The van der Waals surface area contributed by atoms with Gasteiger partial charge in [0.15, 0.2) is 5.13 Å². The number of aromatic carboxylic acids is 1. The maximum atomic E-state index is 12.3. The zero-order valence-electron chi connectivity index (χ0n) is 12.5. The summed E-state index contributed by atoms with van der Waals surface area (Å²) in [5.41, 5.74) is 1.90. The van der Waals surface area contributed by atoms with E-state index in [9.17, 15) is 9.59 Å². The number of fused-ring (bicyclic) bond motifs is 1. The van der Waals surface area contributed by atoms with Crippen molar-refractivity contribution in [2.75, 3.05) is 5.32 Å². The SMILES string of the molecule is Cc1ccc2nc(NC(=O)C(C)n3nccc3C(=O)O)sc2c1. The molecule has 0 aliphatic carbocycles. The Morgan fingerprint density at radius 2 is 2.13 bits per heavy atom. The lowest BCUT2D eigenvalue weighted by Gasteiger charge is -2.12. The minimum Gasteiger partial charge on any atom is -0.477 e. The van der Waals surface area contributed by atoms with E-state index in [-0.39, 0.29) is 11.6 Å². The smallest absolute Gasteiger partial charge is 0.354 e. The Hall–Kier alpha value is -2.74. The van der Waals surface area contributed by atoms with E-state index in [4.69, 9.17) is 5.11 Å². The van der Waals surface area contributed by atoms with Gasteiger partial charge in [-0.25, -0.2) is 14.5 Å². The Kier molecular flexibility index (Phi) is 3.83. The van der Waals surface area contributed by atoms with Gasteiger partial charge >= 0.3 is 5.97 Å². The van der Waals surface area contributed by atoms with Crippen molar-refractivity contribution in [1.29, 1.82) is 0 Å². The van der Waals surface area contributed by atoms with Gasteiger partial charge in [0.05, 0.1) is 10.2 Å². The highest BCUT2D eigenvalue weighted by molar-refractivity contribution is 7.22. The summed E-state index contributed by atoms with van der Waals surface area (Å²) in [6.07, 6.45) is 1.35. The molecule has 0 radical (unpaired) electrons. The number of hydrogen-bond acceptors (Lipinski definition) is 5. The molecule has 1 atom stereocenters. The molecule has 0 saturated carbocycles. The van der Waals surface area contributed by atoms with Crippen molar-refractivity contribution in [3.8, 4) is 0 Å². The first kappa shape index (κ1) is 15.2. The van der Waals surface area contributed by atoms with Gasteiger partial charge in [0.2, 0.25) is 0 Å². The van der Waals surface area contributed by atoms with E-state index in [2.05, 4.69) is 15.4 Å². The zero-order chi connectivity index (χ0) is 16.6. The summed E-state index contributed by atoms with van der Waals surface area (Å²) >= 11 is 1.38. The predicted octanol–water partition coefficient (Wildman–Crippen LogP) is 2.70. The molecule has 8 heteroatoms. The average Bonchev–Trinajstić information content (AvgIpc) is 3.11. The van der Waals surface area contributed by atoms with Crippen LogP contribution in [0.5, 0.6) is 0 Å². The molecule has 3 aromatic rings. The van der Waals surface area contributed by atoms with Crippen LogP contribution >= 0.6 is 11.3 Å². The van der Waals surface area contributed by atoms with E-state index in [1.165, 1.54) is 28.3 Å². The van der Waals surface area contributed by atoms with Crippen LogP contribution < -0.4 is 5.32 Å². The highest BCUT2D eigenvalue weighted by Crippen LogP contribution is 2.27. The molecule has 0 saturated heterocycles. The van der Waals surface area contributed by atoms with E-state index in [1.54, 1.807) is 6.92 Å². The Bertz CT molecular complexity index is 899. The number of carbonyl (C=O) groups excluding carboxylic acids is 1. The Labute approximate surface area is 135 Å². The number of aromatic nitrogens is 3. The fourth-order valence-corrected chi connectivity index (χ4v) is 3.17. The summed E-state index contributed by atoms with van der Waals surface area (Å²) in [5, 5.41) is 16.2. The fraction of sp³-hybridized carbons (Fsp3) is 0.200. The molecule has 7 nitrogen and oxygen atoms in total. The van der Waals surface area contributed by atoms with Crippen LogP contribution in [0.25, 0.3) is 10.2 Å². The lowest BCUT2D eigenvalue weighted by atomic mass is 10.2. The average molecular weight is 330 g/mol. The van der Waals surface area contributed by atoms with E-state index in [0.29, 0.717) is 5.13 Å². The fourth-order valence-electron chi connectivity index (χ4n) is 2.20. The van der Waals surface area contributed by atoms with Crippen molar-refractivity contribution in [3.63, 3.8) is 0 Å². The van der Waals surface area contributed by atoms with Gasteiger partial charge in [0.25, 0.3) is 5.91 Å². The minimum absolute atomic E-state index is 0.0347. The van der Waals surface area contributed by atoms with Crippen molar-refractivity contribution in [3.05, 3.63) is 41.7 Å². The summed E-state index contributed by atoms with van der Waals surface area (Å²) in [6.45, 7) is 3.58. The summed E-state index contributed by atoms with van der Waals surface area (Å²) < 4.78 is 2.16. The Balaban J connectivity index is 1.82. The Morgan fingerprint density at radius 1 is 1.35 bits per heavy atom. The molecule has 23 heavy (non-hydrogen) atoms. The van der Waals surface area contributed by atoms with E-state index < -0.39 is 12.0 Å². The zero-order valence-corrected chi connectivity index (χ0v) is 13.3. The van der Waals surface area contributed by atoms with Crippen LogP contribution in [0, 0.1) is 6.92 Å². The molecule has 2 N–H and O–H groups in total. The molecular weight excluding hydrogens is 316 g/mol. The summed E-state index contributed by atoms with van der Waals surface area (Å²) in [4.78, 5) is 27.8. The first-order valence-corrected chi connectivity index (χ1v) is 7.72. The van der Waals surface area contributed by atoms with Gasteiger partial charge in [-0.3, -0.25) is 4.79 Å². The topological polar surface area (TPSA) is 97.1 Å². The molecule has 2 heterocycles. The summed E-state index contributed by atoms with van der Waals surface area (Å²) in [5.74, 6) is -1.50. The van der Waals surface area contributed by atoms with Crippen LogP contribution in [-0.4, -0.2) is 31.7 Å². The number of hydrogen-bond donors (Lipinski definition) is 2. The van der Waals surface area contributed by atoms with Crippen molar-refractivity contribution in [1.82, 2.24) is 14.8 Å². The third-order valence-corrected chi connectivity index (χ3v) is 4.34. The summed E-state index contributed by atoms with van der Waals surface area (Å²) in [6, 6.07) is 6.45. The minimum atomic E-state index is -1.13. The summed E-state index contributed by atoms with van der Waals surface area (Å²) in [7, 11) is 0. The molecule has 1 amide bonds. The van der Waals surface area contributed by atoms with Crippen LogP contribution in [0.15, 0.2) is 30.5 Å². The molecular formula is C15H14N4O3S. The van der Waals surface area contributed by atoms with Crippen molar-refractivity contribution >= 4 is 38.6 Å². The molecule has 0 bridgehead atoms. The second-order valence-corrected chi connectivity index (χ2v) is 6.15. The number of carbonyl (C=O) groups is 2. The largest absolute Gasteiger partial charge is 0.477 e. The number of nitrogens with one attached hydrogen (secondary N) is 1. The molecule has 0 spiro atoms. The van der Waals surface area contributed by atoms with E-state index >= 15 is 0 Å². The second-order valence-electron chi connectivity index (χ2n) is 5.12. The molecule has 1 unspecified atom stereocenters. The van der Waals surface area contributed by atoms with Crippen LogP contribution in [0.1, 0.15) is 29.0 Å². The number of carboxylic acid groups (broad SMARTS) is 1. The van der Waals surface area contributed by atoms with Gasteiger partial charge in [-0.1, -0.05) is 17.4 Å². The van der Waals surface area contributed by atoms with Gasteiger partial charge in [-0.05, 0) is 37.6 Å². The quantitative estimate of drug-likeness (QED) is 0.766. The van der Waals surface area contributed by atoms with E-state index in [0.717, 1.165) is 15.8 Å². The van der Waals surface area contributed by atoms with Crippen LogP contribution in [0.3, 0.4) is 0 Å². The van der Waals surface area contributed by atoms with E-state index in [1.807, 2.05) is 25.1 Å². The molecule has 1 aromatic carbocycles. The number of benzene rings is 1. The van der Waals surface area contributed by atoms with Gasteiger partial charge in [-0.2, -0.15) is 5.10 Å². The normalized spacial score (nSPS) is 12.3. The van der Waals surface area contributed by atoms with Crippen molar-refractivity contribution in [2.24, 2.45) is 0 Å². The van der Waals surface area contributed by atoms with Crippen molar-refractivity contribution in [2.45, 2.75) is 19.9 Å².